The van der Waals surface area contributed by atoms with Gasteiger partial charge in [0.1, 0.15) is 12.7 Å². The van der Waals surface area contributed by atoms with Crippen molar-refractivity contribution in [2.75, 3.05) is 13.2 Å². The molecule has 1 aliphatic carbocycles. The van der Waals surface area contributed by atoms with Crippen molar-refractivity contribution in [3.63, 3.8) is 0 Å². The van der Waals surface area contributed by atoms with Gasteiger partial charge in [0, 0.05) is 31.8 Å². The topological polar surface area (TPSA) is 78.9 Å². The minimum atomic E-state index is -0.329. The summed E-state index contributed by atoms with van der Waals surface area (Å²) >= 11 is 0. The lowest BCUT2D eigenvalue weighted by atomic mass is 9.75. The van der Waals surface area contributed by atoms with Gasteiger partial charge in [-0.25, -0.2) is 4.79 Å². The first-order valence-electron chi connectivity index (χ1n) is 8.66. The molecule has 0 N–H and O–H groups in total. The summed E-state index contributed by atoms with van der Waals surface area (Å²) in [7, 11) is 0. The molecule has 0 saturated carbocycles. The number of esters is 3. The van der Waals surface area contributed by atoms with Crippen molar-refractivity contribution >= 4 is 17.9 Å². The summed E-state index contributed by atoms with van der Waals surface area (Å²) in [5.41, 5.74) is 2.75. The van der Waals surface area contributed by atoms with Gasteiger partial charge in [0.15, 0.2) is 0 Å². The molecule has 0 aromatic rings. The van der Waals surface area contributed by atoms with Gasteiger partial charge >= 0.3 is 17.9 Å². The molecular weight excluding hydrogens is 324 g/mol. The summed E-state index contributed by atoms with van der Waals surface area (Å²) < 4.78 is 15.6. The third-order valence-electron chi connectivity index (χ3n) is 4.89. The van der Waals surface area contributed by atoms with Crippen LogP contribution in [0.15, 0.2) is 23.3 Å². The number of hydrogen-bond donors (Lipinski definition) is 0. The number of carbonyl (C=O) groups is 3. The second-order valence-electron chi connectivity index (χ2n) is 6.78. The Balaban J connectivity index is 2.08. The minimum absolute atomic E-state index is 0.000465. The molecule has 0 aromatic carbocycles. The van der Waals surface area contributed by atoms with Crippen LogP contribution in [0.2, 0.25) is 0 Å². The zero-order valence-corrected chi connectivity index (χ0v) is 15.1. The number of fused-ring (bicyclic) bond motifs is 1. The molecule has 1 saturated heterocycles. The van der Waals surface area contributed by atoms with E-state index in [1.165, 1.54) is 19.4 Å². The molecule has 6 heteroatoms. The van der Waals surface area contributed by atoms with Crippen molar-refractivity contribution in [2.45, 2.75) is 52.6 Å². The Hall–Kier alpha value is -2.11. The molecule has 25 heavy (non-hydrogen) atoms. The largest absolute Gasteiger partial charge is 0.466 e. The number of rotatable bonds is 7. The first-order valence-corrected chi connectivity index (χ1v) is 8.66. The molecule has 1 heterocycles. The zero-order valence-electron chi connectivity index (χ0n) is 15.1. The SMILES string of the molecule is C=C1C(=O)O[C@H]2CC(COC(C)=O)=C([C@@H](C)CCCOC(C)=O)C[C@H]12. The average molecular weight is 350 g/mol. The molecule has 0 aromatic heterocycles. The standard InChI is InChI=1S/C19H26O6/c1-11(6-5-7-23-13(3)20)16-9-17-12(2)19(22)25-18(17)8-15(16)10-24-14(4)21/h11,17-18H,2,5-10H2,1,3-4H3/t11-,17+,18-/m0/s1. The van der Waals surface area contributed by atoms with Gasteiger partial charge in [0.25, 0.3) is 0 Å². The first-order chi connectivity index (χ1) is 11.8. The van der Waals surface area contributed by atoms with E-state index < -0.39 is 0 Å². The molecule has 1 aliphatic heterocycles. The molecule has 0 radical (unpaired) electrons. The van der Waals surface area contributed by atoms with E-state index in [2.05, 4.69) is 13.5 Å². The molecule has 2 aliphatic rings. The Morgan fingerprint density at radius 1 is 1.24 bits per heavy atom. The van der Waals surface area contributed by atoms with Crippen molar-refractivity contribution in [1.29, 1.82) is 0 Å². The fourth-order valence-corrected chi connectivity index (χ4v) is 3.53. The fourth-order valence-electron chi connectivity index (χ4n) is 3.53. The molecule has 6 nitrogen and oxygen atoms in total. The number of carbonyl (C=O) groups excluding carboxylic acids is 3. The molecule has 0 bridgehead atoms. The van der Waals surface area contributed by atoms with Crippen molar-refractivity contribution in [2.24, 2.45) is 11.8 Å². The normalized spacial score (nSPS) is 23.8. The Bertz CT molecular complexity index is 603. The maximum atomic E-state index is 11.8. The fraction of sp³-hybridized carbons (Fsp3) is 0.632. The van der Waals surface area contributed by atoms with E-state index in [1.807, 2.05) is 0 Å². The van der Waals surface area contributed by atoms with Crippen molar-refractivity contribution in [1.82, 2.24) is 0 Å². The third-order valence-corrected chi connectivity index (χ3v) is 4.89. The number of hydrogen-bond acceptors (Lipinski definition) is 6. The Morgan fingerprint density at radius 3 is 2.56 bits per heavy atom. The van der Waals surface area contributed by atoms with E-state index in [0.717, 1.165) is 18.4 Å². The van der Waals surface area contributed by atoms with E-state index in [0.29, 0.717) is 25.0 Å². The van der Waals surface area contributed by atoms with Gasteiger partial charge in [-0.1, -0.05) is 19.1 Å². The van der Waals surface area contributed by atoms with E-state index in [4.69, 9.17) is 14.2 Å². The molecule has 138 valence electrons. The summed E-state index contributed by atoms with van der Waals surface area (Å²) in [5.74, 6) is -0.694. The minimum Gasteiger partial charge on any atom is -0.466 e. The van der Waals surface area contributed by atoms with Crippen LogP contribution in [-0.4, -0.2) is 37.2 Å². The Labute approximate surface area is 148 Å². The lowest BCUT2D eigenvalue weighted by Crippen LogP contribution is -2.27. The number of ether oxygens (including phenoxy) is 3. The van der Waals surface area contributed by atoms with E-state index in [-0.39, 0.29) is 42.5 Å². The van der Waals surface area contributed by atoms with E-state index in [1.54, 1.807) is 0 Å². The van der Waals surface area contributed by atoms with E-state index >= 15 is 0 Å². The smallest absolute Gasteiger partial charge is 0.334 e. The van der Waals surface area contributed by atoms with Crippen LogP contribution in [0.4, 0.5) is 0 Å². The van der Waals surface area contributed by atoms with E-state index in [9.17, 15) is 14.4 Å². The molecular formula is C19H26O6. The molecule has 0 unspecified atom stereocenters. The Morgan fingerprint density at radius 2 is 1.92 bits per heavy atom. The maximum Gasteiger partial charge on any atom is 0.334 e. The molecule has 1 fully saturated rings. The van der Waals surface area contributed by atoms with Crippen molar-refractivity contribution in [3.8, 4) is 0 Å². The van der Waals surface area contributed by atoms with Crippen LogP contribution in [0.1, 0.15) is 46.5 Å². The highest BCUT2D eigenvalue weighted by Crippen LogP contribution is 2.43. The van der Waals surface area contributed by atoms with Crippen LogP contribution in [0.3, 0.4) is 0 Å². The van der Waals surface area contributed by atoms with Gasteiger partial charge in [-0.05, 0) is 30.8 Å². The zero-order chi connectivity index (χ0) is 18.6. The molecule has 0 spiro atoms. The highest BCUT2D eigenvalue weighted by atomic mass is 16.6. The van der Waals surface area contributed by atoms with Gasteiger partial charge in [-0.15, -0.1) is 0 Å². The maximum absolute atomic E-state index is 11.8. The van der Waals surface area contributed by atoms with Gasteiger partial charge in [-0.3, -0.25) is 9.59 Å². The van der Waals surface area contributed by atoms with Crippen LogP contribution in [0.25, 0.3) is 0 Å². The monoisotopic (exact) mass is 350 g/mol. The summed E-state index contributed by atoms with van der Waals surface area (Å²) in [6.45, 7) is 9.38. The summed E-state index contributed by atoms with van der Waals surface area (Å²) in [6, 6.07) is 0. The highest BCUT2D eigenvalue weighted by Gasteiger charge is 2.43. The second-order valence-corrected chi connectivity index (χ2v) is 6.78. The van der Waals surface area contributed by atoms with Gasteiger partial charge in [-0.2, -0.15) is 0 Å². The quantitative estimate of drug-likeness (QED) is 0.231. The Kier molecular flexibility index (Phi) is 6.39. The summed E-state index contributed by atoms with van der Waals surface area (Å²) in [5, 5.41) is 0. The first kappa shape index (κ1) is 19.2. The summed E-state index contributed by atoms with van der Waals surface area (Å²) in [4.78, 5) is 33.8. The van der Waals surface area contributed by atoms with Gasteiger partial charge in [0.05, 0.1) is 6.61 Å². The van der Waals surface area contributed by atoms with Crippen LogP contribution >= 0.6 is 0 Å². The van der Waals surface area contributed by atoms with Crippen LogP contribution < -0.4 is 0 Å². The predicted octanol–water partition coefficient (Wildman–Crippen LogP) is 2.72. The predicted molar refractivity (Wildman–Crippen MR) is 90.4 cm³/mol. The lowest BCUT2D eigenvalue weighted by molar-refractivity contribution is -0.142. The summed E-state index contributed by atoms with van der Waals surface area (Å²) in [6.07, 6.45) is 2.68. The third kappa shape index (κ3) is 4.94. The lowest BCUT2D eigenvalue weighted by Gasteiger charge is -2.31. The molecule has 0 amide bonds. The van der Waals surface area contributed by atoms with Crippen molar-refractivity contribution in [3.05, 3.63) is 23.3 Å². The second kappa shape index (κ2) is 8.32. The van der Waals surface area contributed by atoms with Gasteiger partial charge < -0.3 is 14.2 Å². The average Bonchev–Trinajstić information content (AvgIpc) is 2.82. The van der Waals surface area contributed by atoms with Crippen LogP contribution in [0, 0.1) is 11.8 Å². The molecule has 3 atom stereocenters. The van der Waals surface area contributed by atoms with Crippen LogP contribution in [0.5, 0.6) is 0 Å². The van der Waals surface area contributed by atoms with Gasteiger partial charge in [0.2, 0.25) is 0 Å². The molecule has 2 rings (SSSR count). The van der Waals surface area contributed by atoms with Crippen LogP contribution in [-0.2, 0) is 28.6 Å². The number of allylic oxidation sites excluding steroid dienone is 1. The highest BCUT2D eigenvalue weighted by molar-refractivity contribution is 5.91. The van der Waals surface area contributed by atoms with Crippen molar-refractivity contribution < 1.29 is 28.6 Å².